The third-order valence-electron chi connectivity index (χ3n) is 3.56. The number of amides is 1. The molecule has 0 heterocycles. The van der Waals surface area contributed by atoms with Gasteiger partial charge in [-0.15, -0.1) is 0 Å². The highest BCUT2D eigenvalue weighted by atomic mass is 16.6. The monoisotopic (exact) mass is 387 g/mol. The van der Waals surface area contributed by atoms with E-state index in [1.54, 1.807) is 48.5 Å². The first-order valence-electron chi connectivity index (χ1n) is 9.01. The number of benzene rings is 2. The van der Waals surface area contributed by atoms with E-state index in [-0.39, 0.29) is 5.91 Å². The average molecular weight is 387 g/mol. The normalized spacial score (nSPS) is 10.3. The van der Waals surface area contributed by atoms with Crippen LogP contribution in [0.3, 0.4) is 0 Å². The molecule has 2 aromatic carbocycles. The van der Waals surface area contributed by atoms with Crippen LogP contribution in [0, 0.1) is 0 Å². The number of aldehydes is 1. The Morgan fingerprint density at radius 1 is 0.786 bits per heavy atom. The SMILES string of the molecule is CC(=O)Nc1ccc(OCCOCCOCCOc2ccc(C=O)cc2)cc1. The minimum absolute atomic E-state index is 0.107. The van der Waals surface area contributed by atoms with Gasteiger partial charge in [0.1, 0.15) is 31.0 Å². The van der Waals surface area contributed by atoms with E-state index in [1.807, 2.05) is 0 Å². The van der Waals surface area contributed by atoms with Crippen molar-refractivity contribution in [2.24, 2.45) is 0 Å². The van der Waals surface area contributed by atoms with Crippen LogP contribution in [0.1, 0.15) is 17.3 Å². The van der Waals surface area contributed by atoms with Crippen molar-refractivity contribution in [3.63, 3.8) is 0 Å². The molecule has 0 fully saturated rings. The zero-order chi connectivity index (χ0) is 20.0. The molecule has 1 amide bonds. The summed E-state index contributed by atoms with van der Waals surface area (Å²) in [5.41, 5.74) is 1.35. The number of nitrogens with one attached hydrogen (secondary N) is 1. The predicted molar refractivity (Wildman–Crippen MR) is 105 cm³/mol. The van der Waals surface area contributed by atoms with Gasteiger partial charge in [0, 0.05) is 18.2 Å². The molecular weight excluding hydrogens is 362 g/mol. The maximum absolute atomic E-state index is 11.0. The maximum atomic E-state index is 11.0. The van der Waals surface area contributed by atoms with Gasteiger partial charge in [-0.05, 0) is 48.5 Å². The quantitative estimate of drug-likeness (QED) is 0.420. The summed E-state index contributed by atoms with van der Waals surface area (Å²) in [6.45, 7) is 4.18. The van der Waals surface area contributed by atoms with Gasteiger partial charge in [-0.1, -0.05) is 0 Å². The fourth-order valence-electron chi connectivity index (χ4n) is 2.24. The fraction of sp³-hybridized carbons (Fsp3) is 0.333. The molecule has 0 bridgehead atoms. The van der Waals surface area contributed by atoms with Gasteiger partial charge >= 0.3 is 0 Å². The van der Waals surface area contributed by atoms with Gasteiger partial charge in [0.2, 0.25) is 5.91 Å². The van der Waals surface area contributed by atoms with E-state index in [4.69, 9.17) is 18.9 Å². The van der Waals surface area contributed by atoms with E-state index in [9.17, 15) is 9.59 Å². The topological polar surface area (TPSA) is 83.1 Å². The molecule has 150 valence electrons. The summed E-state index contributed by atoms with van der Waals surface area (Å²) in [5, 5.41) is 2.70. The lowest BCUT2D eigenvalue weighted by molar-refractivity contribution is -0.114. The predicted octanol–water partition coefficient (Wildman–Crippen LogP) is 2.95. The second-order valence-electron chi connectivity index (χ2n) is 5.81. The van der Waals surface area contributed by atoms with Gasteiger partial charge in [0.15, 0.2) is 0 Å². The van der Waals surface area contributed by atoms with Crippen molar-refractivity contribution in [1.29, 1.82) is 0 Å². The Kier molecular flexibility index (Phi) is 9.54. The molecule has 1 N–H and O–H groups in total. The first-order valence-corrected chi connectivity index (χ1v) is 9.01. The van der Waals surface area contributed by atoms with Crippen molar-refractivity contribution in [2.75, 3.05) is 45.0 Å². The Balaban J connectivity index is 1.44. The molecular formula is C21H25NO6. The summed E-state index contributed by atoms with van der Waals surface area (Å²) in [5.74, 6) is 1.31. The van der Waals surface area contributed by atoms with Crippen molar-refractivity contribution in [3.8, 4) is 11.5 Å². The van der Waals surface area contributed by atoms with Crippen LogP contribution in [-0.4, -0.2) is 51.8 Å². The van der Waals surface area contributed by atoms with Crippen molar-refractivity contribution >= 4 is 17.9 Å². The van der Waals surface area contributed by atoms with Crippen LogP contribution in [0.2, 0.25) is 0 Å². The minimum Gasteiger partial charge on any atom is -0.491 e. The molecule has 0 aliphatic carbocycles. The summed E-state index contributed by atoms with van der Waals surface area (Å²) in [6.07, 6.45) is 0.793. The van der Waals surface area contributed by atoms with Gasteiger partial charge in [-0.3, -0.25) is 9.59 Å². The minimum atomic E-state index is -0.107. The summed E-state index contributed by atoms with van der Waals surface area (Å²) in [4.78, 5) is 21.5. The van der Waals surface area contributed by atoms with Crippen LogP contribution in [0.15, 0.2) is 48.5 Å². The molecule has 0 unspecified atom stereocenters. The van der Waals surface area contributed by atoms with E-state index in [0.29, 0.717) is 56.7 Å². The molecule has 7 nitrogen and oxygen atoms in total. The third-order valence-corrected chi connectivity index (χ3v) is 3.56. The summed E-state index contributed by atoms with van der Waals surface area (Å²) in [6, 6.07) is 14.1. The first kappa shape index (κ1) is 21.4. The van der Waals surface area contributed by atoms with Gasteiger partial charge in [-0.25, -0.2) is 0 Å². The Bertz CT molecular complexity index is 715. The van der Waals surface area contributed by atoms with E-state index in [1.165, 1.54) is 6.92 Å². The maximum Gasteiger partial charge on any atom is 0.221 e. The molecule has 0 aromatic heterocycles. The van der Waals surface area contributed by atoms with Crippen molar-refractivity contribution in [2.45, 2.75) is 6.92 Å². The number of ether oxygens (including phenoxy) is 4. The highest BCUT2D eigenvalue weighted by Gasteiger charge is 1.98. The largest absolute Gasteiger partial charge is 0.491 e. The number of carbonyl (C=O) groups is 2. The molecule has 2 rings (SSSR count). The summed E-state index contributed by atoms with van der Waals surface area (Å²) >= 11 is 0. The molecule has 0 spiro atoms. The van der Waals surface area contributed by atoms with Crippen LogP contribution in [0.4, 0.5) is 5.69 Å². The zero-order valence-corrected chi connectivity index (χ0v) is 15.9. The molecule has 0 aliphatic heterocycles. The van der Waals surface area contributed by atoms with Gasteiger partial charge in [0.25, 0.3) is 0 Å². The Labute approximate surface area is 164 Å². The highest BCUT2D eigenvalue weighted by molar-refractivity contribution is 5.88. The van der Waals surface area contributed by atoms with Gasteiger partial charge in [0.05, 0.1) is 26.4 Å². The van der Waals surface area contributed by atoms with Gasteiger partial charge in [-0.2, -0.15) is 0 Å². The second-order valence-corrected chi connectivity index (χ2v) is 5.81. The third kappa shape index (κ3) is 8.66. The van der Waals surface area contributed by atoms with Crippen LogP contribution in [0.25, 0.3) is 0 Å². The number of anilines is 1. The lowest BCUT2D eigenvalue weighted by Gasteiger charge is -2.09. The number of carbonyl (C=O) groups excluding carboxylic acids is 2. The fourth-order valence-corrected chi connectivity index (χ4v) is 2.24. The second kappa shape index (κ2) is 12.5. The van der Waals surface area contributed by atoms with Crippen molar-refractivity contribution in [3.05, 3.63) is 54.1 Å². The molecule has 2 aromatic rings. The lowest BCUT2D eigenvalue weighted by Crippen LogP contribution is -2.13. The number of hydrogen-bond acceptors (Lipinski definition) is 6. The molecule has 0 atom stereocenters. The highest BCUT2D eigenvalue weighted by Crippen LogP contribution is 2.15. The smallest absolute Gasteiger partial charge is 0.221 e. The Hall–Kier alpha value is -2.90. The number of hydrogen-bond donors (Lipinski definition) is 1. The standard InChI is InChI=1S/C21H25NO6/c1-17(24)22-19-4-8-21(9-5-19)28-15-13-26-11-10-25-12-14-27-20-6-2-18(16-23)3-7-20/h2-9,16H,10-15H2,1H3,(H,22,24). The van der Waals surface area contributed by atoms with E-state index < -0.39 is 0 Å². The molecule has 0 saturated heterocycles. The lowest BCUT2D eigenvalue weighted by atomic mass is 10.2. The van der Waals surface area contributed by atoms with Crippen molar-refractivity contribution < 1.29 is 28.5 Å². The summed E-state index contributed by atoms with van der Waals surface area (Å²) < 4.78 is 21.9. The molecule has 0 saturated carbocycles. The Morgan fingerprint density at radius 3 is 1.71 bits per heavy atom. The van der Waals surface area contributed by atoms with E-state index in [0.717, 1.165) is 12.0 Å². The first-order chi connectivity index (χ1) is 13.7. The van der Waals surface area contributed by atoms with Crippen LogP contribution < -0.4 is 14.8 Å². The molecule has 0 aliphatic rings. The van der Waals surface area contributed by atoms with Crippen LogP contribution in [0.5, 0.6) is 11.5 Å². The molecule has 28 heavy (non-hydrogen) atoms. The zero-order valence-electron chi connectivity index (χ0n) is 15.9. The molecule has 0 radical (unpaired) electrons. The van der Waals surface area contributed by atoms with Crippen molar-refractivity contribution in [1.82, 2.24) is 0 Å². The summed E-state index contributed by atoms with van der Waals surface area (Å²) in [7, 11) is 0. The van der Waals surface area contributed by atoms with Crippen LogP contribution >= 0.6 is 0 Å². The Morgan fingerprint density at radius 2 is 1.25 bits per heavy atom. The van der Waals surface area contributed by atoms with E-state index >= 15 is 0 Å². The van der Waals surface area contributed by atoms with Gasteiger partial charge < -0.3 is 24.3 Å². The molecule has 7 heteroatoms. The van der Waals surface area contributed by atoms with E-state index in [2.05, 4.69) is 5.32 Å². The average Bonchev–Trinajstić information content (AvgIpc) is 2.70. The van der Waals surface area contributed by atoms with Crippen LogP contribution in [-0.2, 0) is 14.3 Å². The number of rotatable bonds is 13.